The van der Waals surface area contributed by atoms with Gasteiger partial charge in [0.2, 0.25) is 4.80 Å². The summed E-state index contributed by atoms with van der Waals surface area (Å²) in [6, 6.07) is 4.70. The molecule has 2 aromatic rings. The monoisotopic (exact) mass is 369 g/mol. The van der Waals surface area contributed by atoms with Crippen LogP contribution in [0, 0.1) is 17.0 Å². The molecule has 1 heterocycles. The molecule has 0 fully saturated rings. The van der Waals surface area contributed by atoms with Crippen molar-refractivity contribution in [3.8, 4) is 0 Å². The highest BCUT2D eigenvalue weighted by molar-refractivity contribution is 7.90. The smallest absolute Gasteiger partial charge is 0.285 e. The number of hydrogen-bond donors (Lipinski definition) is 0. The molecule has 9 heteroatoms. The molecule has 0 saturated heterocycles. The van der Waals surface area contributed by atoms with Gasteiger partial charge in [0.25, 0.3) is 15.7 Å². The van der Waals surface area contributed by atoms with E-state index >= 15 is 0 Å². The number of sulfonamides is 1. The molecule has 0 spiro atoms. The molecule has 1 aromatic heterocycles. The predicted octanol–water partition coefficient (Wildman–Crippen LogP) is 2.89. The molecule has 0 amide bonds. The van der Waals surface area contributed by atoms with Crippen molar-refractivity contribution >= 4 is 27.0 Å². The van der Waals surface area contributed by atoms with Crippen LogP contribution in [0.4, 0.5) is 5.69 Å². The van der Waals surface area contributed by atoms with E-state index in [-0.39, 0.29) is 16.0 Å². The van der Waals surface area contributed by atoms with Crippen molar-refractivity contribution in [1.82, 2.24) is 4.57 Å². The van der Waals surface area contributed by atoms with Gasteiger partial charge in [-0.2, -0.15) is 8.42 Å². The van der Waals surface area contributed by atoms with Crippen LogP contribution in [0.15, 0.2) is 33.6 Å². The van der Waals surface area contributed by atoms with Crippen molar-refractivity contribution in [3.63, 3.8) is 0 Å². The van der Waals surface area contributed by atoms with Gasteiger partial charge in [-0.05, 0) is 24.5 Å². The largest absolute Gasteiger partial charge is 0.323 e. The van der Waals surface area contributed by atoms with Crippen molar-refractivity contribution in [3.05, 3.63) is 49.8 Å². The fraction of sp³-hybridized carbons (Fsp3) is 0.400. The summed E-state index contributed by atoms with van der Waals surface area (Å²) in [6.45, 7) is 8.09. The fourth-order valence-corrected chi connectivity index (χ4v) is 4.60. The summed E-state index contributed by atoms with van der Waals surface area (Å²) >= 11 is 1.33. The second-order valence-corrected chi connectivity index (χ2v) is 9.01. The Bertz CT molecular complexity index is 946. The molecule has 0 radical (unpaired) electrons. The van der Waals surface area contributed by atoms with E-state index in [2.05, 4.69) is 25.2 Å². The van der Waals surface area contributed by atoms with Gasteiger partial charge in [0.05, 0.1) is 9.82 Å². The molecule has 0 saturated carbocycles. The van der Waals surface area contributed by atoms with Gasteiger partial charge in [0.1, 0.15) is 0 Å². The summed E-state index contributed by atoms with van der Waals surface area (Å²) in [7, 11) is -2.17. The van der Waals surface area contributed by atoms with Crippen LogP contribution in [0.25, 0.3) is 0 Å². The Labute approximate surface area is 144 Å². The highest BCUT2D eigenvalue weighted by Gasteiger charge is 2.22. The maximum atomic E-state index is 12.5. The average molecular weight is 369 g/mol. The Morgan fingerprint density at radius 3 is 2.17 bits per heavy atom. The van der Waals surface area contributed by atoms with E-state index in [0.717, 1.165) is 22.7 Å². The number of nitro groups is 1. The highest BCUT2D eigenvalue weighted by atomic mass is 32.2. The molecule has 0 aliphatic rings. The van der Waals surface area contributed by atoms with Gasteiger partial charge in [-0.1, -0.05) is 20.8 Å². The number of benzene rings is 1. The molecule has 0 bridgehead atoms. The Balaban J connectivity index is 2.56. The number of aromatic nitrogens is 1. The third-order valence-corrected chi connectivity index (χ3v) is 6.59. The molecule has 2 rings (SSSR count). The fourth-order valence-electron chi connectivity index (χ4n) is 2.20. The van der Waals surface area contributed by atoms with Crippen LogP contribution in [0.1, 0.15) is 31.3 Å². The van der Waals surface area contributed by atoms with Crippen molar-refractivity contribution in [2.24, 2.45) is 11.4 Å². The lowest BCUT2D eigenvalue weighted by molar-refractivity contribution is -0.384. The molecule has 7 nitrogen and oxygen atoms in total. The molecule has 0 atom stereocenters. The molecule has 1 aromatic carbocycles. The Kier molecular flexibility index (Phi) is 4.69. The van der Waals surface area contributed by atoms with Gasteiger partial charge in [-0.15, -0.1) is 15.7 Å². The molecule has 0 N–H and O–H groups in total. The van der Waals surface area contributed by atoms with Gasteiger partial charge >= 0.3 is 0 Å². The zero-order valence-electron chi connectivity index (χ0n) is 14.1. The molecule has 130 valence electrons. The van der Waals surface area contributed by atoms with Gasteiger partial charge in [-0.25, -0.2) is 0 Å². The second-order valence-electron chi connectivity index (χ2n) is 6.43. The second kappa shape index (κ2) is 6.14. The number of thiazole rings is 1. The summed E-state index contributed by atoms with van der Waals surface area (Å²) in [5, 5.41) is 10.7. The first kappa shape index (κ1) is 18.3. The minimum atomic E-state index is -3.94. The van der Waals surface area contributed by atoms with Crippen molar-refractivity contribution in [2.75, 3.05) is 0 Å². The maximum Gasteiger partial charge on any atom is 0.285 e. The van der Waals surface area contributed by atoms with Crippen LogP contribution in [-0.4, -0.2) is 17.9 Å². The van der Waals surface area contributed by atoms with Crippen molar-refractivity contribution < 1.29 is 13.3 Å². The van der Waals surface area contributed by atoms with Crippen LogP contribution in [0.2, 0.25) is 0 Å². The maximum absolute atomic E-state index is 12.5. The molecule has 0 aliphatic carbocycles. The zero-order chi connectivity index (χ0) is 18.3. The summed E-state index contributed by atoms with van der Waals surface area (Å²) in [5.74, 6) is 0. The van der Waals surface area contributed by atoms with Crippen LogP contribution in [0.3, 0.4) is 0 Å². The van der Waals surface area contributed by atoms with E-state index in [1.807, 2.05) is 6.92 Å². The molecular formula is C15H19N3O4S2. The molecule has 0 unspecified atom stereocenters. The lowest BCUT2D eigenvalue weighted by Gasteiger charge is -2.17. The van der Waals surface area contributed by atoms with E-state index in [0.29, 0.717) is 4.80 Å². The zero-order valence-corrected chi connectivity index (χ0v) is 15.7. The molecular weight excluding hydrogens is 350 g/mol. The SMILES string of the molecule is Cc1c(C(C)(C)C)s/c(=N/S(=O)(=O)c2ccc([N+](=O)[O-])cc2)n1C. The topological polar surface area (TPSA) is 94.6 Å². The molecule has 0 aliphatic heterocycles. The van der Waals surface area contributed by atoms with Gasteiger partial charge in [-0.3, -0.25) is 10.1 Å². The third kappa shape index (κ3) is 3.57. The quantitative estimate of drug-likeness (QED) is 0.614. The Hall–Kier alpha value is -2.00. The first-order chi connectivity index (χ1) is 10.9. The predicted molar refractivity (Wildman–Crippen MR) is 92.6 cm³/mol. The first-order valence-electron chi connectivity index (χ1n) is 7.16. The van der Waals surface area contributed by atoms with E-state index < -0.39 is 14.9 Å². The molecule has 24 heavy (non-hydrogen) atoms. The summed E-state index contributed by atoms with van der Waals surface area (Å²) < 4.78 is 30.6. The minimum Gasteiger partial charge on any atom is -0.323 e. The lowest BCUT2D eigenvalue weighted by Crippen LogP contribution is -2.15. The average Bonchev–Trinajstić information content (AvgIpc) is 2.75. The van der Waals surface area contributed by atoms with Crippen LogP contribution in [-0.2, 0) is 22.5 Å². The van der Waals surface area contributed by atoms with Gasteiger partial charge < -0.3 is 4.57 Å². The van der Waals surface area contributed by atoms with E-state index in [1.54, 1.807) is 11.6 Å². The number of rotatable bonds is 3. The van der Waals surface area contributed by atoms with E-state index in [4.69, 9.17) is 0 Å². The van der Waals surface area contributed by atoms with Crippen LogP contribution >= 0.6 is 11.3 Å². The highest BCUT2D eigenvalue weighted by Crippen LogP contribution is 2.28. The van der Waals surface area contributed by atoms with E-state index in [1.165, 1.54) is 23.5 Å². The summed E-state index contributed by atoms with van der Waals surface area (Å²) in [5.41, 5.74) is 0.684. The van der Waals surface area contributed by atoms with Crippen molar-refractivity contribution in [2.45, 2.75) is 38.0 Å². The first-order valence-corrected chi connectivity index (χ1v) is 9.41. The number of nitro benzene ring substituents is 1. The number of non-ortho nitro benzene ring substituents is 1. The standard InChI is InChI=1S/C15H19N3O4S2/c1-10-13(15(2,3)4)23-14(17(10)5)16-24(21,22)12-8-6-11(7-9-12)18(19)20/h6-9H,1-5H3/b16-14+. The van der Waals surface area contributed by atoms with Gasteiger partial charge in [0.15, 0.2) is 0 Å². The summed E-state index contributed by atoms with van der Waals surface area (Å²) in [6.07, 6.45) is 0. The normalized spacial score (nSPS) is 13.3. The van der Waals surface area contributed by atoms with E-state index in [9.17, 15) is 18.5 Å². The third-order valence-electron chi connectivity index (χ3n) is 3.54. The lowest BCUT2D eigenvalue weighted by atomic mass is 9.93. The minimum absolute atomic E-state index is 0.0727. The van der Waals surface area contributed by atoms with Crippen LogP contribution in [0.5, 0.6) is 0 Å². The Morgan fingerprint density at radius 2 is 1.75 bits per heavy atom. The van der Waals surface area contributed by atoms with Crippen molar-refractivity contribution in [1.29, 1.82) is 0 Å². The van der Waals surface area contributed by atoms with Gasteiger partial charge in [0, 0.05) is 29.8 Å². The number of nitrogens with zero attached hydrogens (tertiary/aromatic N) is 3. The Morgan fingerprint density at radius 1 is 1.21 bits per heavy atom. The summed E-state index contributed by atoms with van der Waals surface area (Å²) in [4.78, 5) is 11.4. The number of hydrogen-bond acceptors (Lipinski definition) is 5. The van der Waals surface area contributed by atoms with Crippen LogP contribution < -0.4 is 4.80 Å².